The van der Waals surface area contributed by atoms with E-state index in [9.17, 15) is 9.59 Å². The summed E-state index contributed by atoms with van der Waals surface area (Å²) in [5.41, 5.74) is 1.91. The summed E-state index contributed by atoms with van der Waals surface area (Å²) in [4.78, 5) is 31.0. The van der Waals surface area contributed by atoms with E-state index in [0.29, 0.717) is 42.5 Å². The Kier molecular flexibility index (Phi) is 6.82. The van der Waals surface area contributed by atoms with Crippen LogP contribution in [0.1, 0.15) is 49.8 Å². The first kappa shape index (κ1) is 19.2. The number of pyridine rings is 1. The first-order valence-corrected chi connectivity index (χ1v) is 9.00. The number of ether oxygens (including phenoxy) is 1. The van der Waals surface area contributed by atoms with E-state index in [1.165, 1.54) is 0 Å². The zero-order valence-electron chi connectivity index (χ0n) is 14.9. The lowest BCUT2D eigenvalue weighted by atomic mass is 10.2. The van der Waals surface area contributed by atoms with Gasteiger partial charge in [-0.15, -0.1) is 0 Å². The topological polar surface area (TPSA) is 63.9 Å². The average molecular weight is 366 g/mol. The van der Waals surface area contributed by atoms with Crippen LogP contribution in [0.5, 0.6) is 0 Å². The minimum absolute atomic E-state index is 0.127. The molecule has 2 heterocycles. The maximum atomic E-state index is 13.1. The molecular formula is C18H24ClN3O3. The Morgan fingerprint density at radius 3 is 2.68 bits per heavy atom. The monoisotopic (exact) mass is 365 g/mol. The van der Waals surface area contributed by atoms with Gasteiger partial charge in [-0.05, 0) is 25.8 Å². The second-order valence-corrected chi connectivity index (χ2v) is 6.12. The Morgan fingerprint density at radius 1 is 1.28 bits per heavy atom. The number of nitrogens with zero attached hydrogens (tertiary/aromatic N) is 3. The number of esters is 1. The van der Waals surface area contributed by atoms with E-state index in [2.05, 4.69) is 4.98 Å². The van der Waals surface area contributed by atoms with Gasteiger partial charge in [0.05, 0.1) is 18.7 Å². The van der Waals surface area contributed by atoms with Crippen LogP contribution in [0.3, 0.4) is 0 Å². The SMILES string of the molecule is CCCN(CCC(=O)OCC)C(=O)c1c(CC)nc2cc(Cl)ccn12. The van der Waals surface area contributed by atoms with Gasteiger partial charge in [0.25, 0.3) is 5.91 Å². The van der Waals surface area contributed by atoms with Gasteiger partial charge < -0.3 is 9.64 Å². The second-order valence-electron chi connectivity index (χ2n) is 5.68. The number of aromatic nitrogens is 2. The summed E-state index contributed by atoms with van der Waals surface area (Å²) >= 11 is 6.03. The van der Waals surface area contributed by atoms with Crippen LogP contribution in [-0.4, -0.2) is 45.9 Å². The van der Waals surface area contributed by atoms with E-state index in [1.807, 2.05) is 13.8 Å². The molecule has 2 rings (SSSR count). The summed E-state index contributed by atoms with van der Waals surface area (Å²) in [6.45, 7) is 6.97. The normalized spacial score (nSPS) is 10.9. The van der Waals surface area contributed by atoms with Crippen LogP contribution in [0.4, 0.5) is 0 Å². The van der Waals surface area contributed by atoms with Crippen molar-refractivity contribution >= 4 is 29.1 Å². The minimum atomic E-state index is -0.294. The van der Waals surface area contributed by atoms with Crippen LogP contribution in [0.15, 0.2) is 18.3 Å². The zero-order valence-corrected chi connectivity index (χ0v) is 15.7. The van der Waals surface area contributed by atoms with Crippen LogP contribution >= 0.6 is 11.6 Å². The zero-order chi connectivity index (χ0) is 18.4. The molecule has 0 unspecified atom stereocenters. The molecule has 0 aliphatic heterocycles. The Morgan fingerprint density at radius 2 is 2.04 bits per heavy atom. The number of aryl methyl sites for hydroxylation is 1. The third-order valence-corrected chi connectivity index (χ3v) is 4.10. The summed E-state index contributed by atoms with van der Waals surface area (Å²) in [5.74, 6) is -0.421. The molecule has 1 amide bonds. The van der Waals surface area contributed by atoms with E-state index in [4.69, 9.17) is 16.3 Å². The lowest BCUT2D eigenvalue weighted by Gasteiger charge is -2.22. The molecule has 0 saturated carbocycles. The first-order chi connectivity index (χ1) is 12.0. The molecule has 0 aromatic carbocycles. The number of hydrogen-bond acceptors (Lipinski definition) is 4. The molecular weight excluding hydrogens is 342 g/mol. The van der Waals surface area contributed by atoms with Crippen molar-refractivity contribution in [2.24, 2.45) is 0 Å². The van der Waals surface area contributed by atoms with Gasteiger partial charge in [0.2, 0.25) is 0 Å². The fourth-order valence-electron chi connectivity index (χ4n) is 2.74. The van der Waals surface area contributed by atoms with Crippen LogP contribution in [0.25, 0.3) is 5.65 Å². The Hall–Kier alpha value is -2.08. The molecule has 7 heteroatoms. The Labute approximate surface area is 152 Å². The summed E-state index contributed by atoms with van der Waals surface area (Å²) in [5, 5.41) is 0.576. The highest BCUT2D eigenvalue weighted by Gasteiger charge is 2.24. The standard InChI is InChI=1S/C18H24ClN3O3/c1-4-9-21(10-8-16(23)25-6-3)18(24)17-14(5-2)20-15-12-13(19)7-11-22(15)17/h7,11-12H,4-6,8-10H2,1-3H3. The predicted molar refractivity (Wildman–Crippen MR) is 97.0 cm³/mol. The van der Waals surface area contributed by atoms with Gasteiger partial charge in [0, 0.05) is 30.4 Å². The molecule has 136 valence electrons. The quantitative estimate of drug-likeness (QED) is 0.673. The Balaban J connectivity index is 2.31. The van der Waals surface area contributed by atoms with Gasteiger partial charge in [-0.25, -0.2) is 4.98 Å². The molecule has 25 heavy (non-hydrogen) atoms. The fraction of sp³-hybridized carbons (Fsp3) is 0.500. The fourth-order valence-corrected chi connectivity index (χ4v) is 2.89. The molecule has 0 atom stereocenters. The van der Waals surface area contributed by atoms with E-state index in [-0.39, 0.29) is 18.3 Å². The van der Waals surface area contributed by atoms with Crippen molar-refractivity contribution in [1.29, 1.82) is 0 Å². The number of halogens is 1. The molecule has 0 aliphatic rings. The molecule has 0 aliphatic carbocycles. The number of rotatable bonds is 8. The number of carbonyl (C=O) groups excluding carboxylic acids is 2. The number of imidazole rings is 1. The largest absolute Gasteiger partial charge is 0.466 e. The highest BCUT2D eigenvalue weighted by Crippen LogP contribution is 2.19. The van der Waals surface area contributed by atoms with Crippen LogP contribution < -0.4 is 0 Å². The maximum absolute atomic E-state index is 13.1. The van der Waals surface area contributed by atoms with E-state index >= 15 is 0 Å². The summed E-state index contributed by atoms with van der Waals surface area (Å²) in [6.07, 6.45) is 3.38. The van der Waals surface area contributed by atoms with Crippen molar-refractivity contribution in [3.63, 3.8) is 0 Å². The number of amides is 1. The smallest absolute Gasteiger partial charge is 0.307 e. The van der Waals surface area contributed by atoms with Gasteiger partial charge in [-0.1, -0.05) is 25.4 Å². The molecule has 2 aromatic heterocycles. The lowest BCUT2D eigenvalue weighted by Crippen LogP contribution is -2.35. The van der Waals surface area contributed by atoms with Crippen molar-refractivity contribution in [3.05, 3.63) is 34.7 Å². The van der Waals surface area contributed by atoms with E-state index in [1.54, 1.807) is 34.6 Å². The van der Waals surface area contributed by atoms with Gasteiger partial charge >= 0.3 is 5.97 Å². The first-order valence-electron chi connectivity index (χ1n) is 8.63. The lowest BCUT2D eigenvalue weighted by molar-refractivity contribution is -0.143. The molecule has 0 saturated heterocycles. The van der Waals surface area contributed by atoms with Crippen molar-refractivity contribution < 1.29 is 14.3 Å². The van der Waals surface area contributed by atoms with Gasteiger partial charge in [0.1, 0.15) is 11.3 Å². The van der Waals surface area contributed by atoms with Crippen molar-refractivity contribution in [1.82, 2.24) is 14.3 Å². The van der Waals surface area contributed by atoms with E-state index in [0.717, 1.165) is 12.1 Å². The summed E-state index contributed by atoms with van der Waals surface area (Å²) in [6, 6.07) is 3.47. The highest BCUT2D eigenvalue weighted by atomic mass is 35.5. The number of hydrogen-bond donors (Lipinski definition) is 0. The summed E-state index contributed by atoms with van der Waals surface area (Å²) < 4.78 is 6.72. The van der Waals surface area contributed by atoms with E-state index < -0.39 is 0 Å². The van der Waals surface area contributed by atoms with Gasteiger partial charge in [-0.2, -0.15) is 0 Å². The molecule has 0 fully saturated rings. The third kappa shape index (κ3) is 4.51. The second kappa shape index (κ2) is 8.85. The van der Waals surface area contributed by atoms with Crippen molar-refractivity contribution in [3.8, 4) is 0 Å². The van der Waals surface area contributed by atoms with Gasteiger partial charge in [0.15, 0.2) is 0 Å². The highest BCUT2D eigenvalue weighted by molar-refractivity contribution is 6.30. The molecule has 0 radical (unpaired) electrons. The third-order valence-electron chi connectivity index (χ3n) is 3.87. The van der Waals surface area contributed by atoms with Crippen LogP contribution in [0.2, 0.25) is 5.02 Å². The summed E-state index contributed by atoms with van der Waals surface area (Å²) in [7, 11) is 0. The number of carbonyl (C=O) groups is 2. The predicted octanol–water partition coefficient (Wildman–Crippen LogP) is 3.36. The molecule has 0 N–H and O–H groups in total. The van der Waals surface area contributed by atoms with Crippen LogP contribution in [-0.2, 0) is 16.0 Å². The Bertz CT molecular complexity index is 757. The number of fused-ring (bicyclic) bond motifs is 1. The minimum Gasteiger partial charge on any atom is -0.466 e. The average Bonchev–Trinajstić information content (AvgIpc) is 2.95. The van der Waals surface area contributed by atoms with Crippen molar-refractivity contribution in [2.75, 3.05) is 19.7 Å². The molecule has 0 spiro atoms. The maximum Gasteiger partial charge on any atom is 0.307 e. The van der Waals surface area contributed by atoms with Crippen LogP contribution in [0, 0.1) is 0 Å². The molecule has 0 bridgehead atoms. The van der Waals surface area contributed by atoms with Crippen molar-refractivity contribution in [2.45, 2.75) is 40.0 Å². The molecule has 6 nitrogen and oxygen atoms in total. The van der Waals surface area contributed by atoms with Gasteiger partial charge in [-0.3, -0.25) is 14.0 Å². The molecule has 2 aromatic rings.